The zero-order chi connectivity index (χ0) is 10.8. The van der Waals surface area contributed by atoms with E-state index in [1.807, 2.05) is 12.2 Å². The second kappa shape index (κ2) is 2.64. The Labute approximate surface area is 95.7 Å². The van der Waals surface area contributed by atoms with Crippen molar-refractivity contribution in [3.05, 3.63) is 12.2 Å². The van der Waals surface area contributed by atoms with E-state index >= 15 is 0 Å². The number of carbonyl (C=O) groups is 1. The number of alkyl halides is 1. The standard InChI is InChI=1S/C10H11BrO4/c1-9(2)14-6-4-3-5(11)7-10(6,15-9)8(12)13-7/h3-7H,1-2H3/t5-,6+,7+,10+/m0/s1. The van der Waals surface area contributed by atoms with Crippen molar-refractivity contribution in [2.45, 2.75) is 42.3 Å². The van der Waals surface area contributed by atoms with Crippen LogP contribution in [0.25, 0.3) is 0 Å². The van der Waals surface area contributed by atoms with Crippen LogP contribution in [0, 0.1) is 0 Å². The molecule has 0 amide bonds. The molecule has 82 valence electrons. The van der Waals surface area contributed by atoms with Crippen LogP contribution in [-0.2, 0) is 19.0 Å². The van der Waals surface area contributed by atoms with Crippen molar-refractivity contribution in [3.8, 4) is 0 Å². The molecule has 1 aliphatic carbocycles. The third-order valence-corrected chi connectivity index (χ3v) is 3.77. The van der Waals surface area contributed by atoms with Gasteiger partial charge in [-0.1, -0.05) is 28.1 Å². The van der Waals surface area contributed by atoms with E-state index in [2.05, 4.69) is 15.9 Å². The van der Waals surface area contributed by atoms with Crippen molar-refractivity contribution < 1.29 is 19.0 Å². The molecule has 1 spiro atoms. The molecule has 2 aliphatic heterocycles. The summed E-state index contributed by atoms with van der Waals surface area (Å²) in [6.07, 6.45) is 3.20. The highest BCUT2D eigenvalue weighted by Gasteiger charge is 2.73. The van der Waals surface area contributed by atoms with E-state index in [0.717, 1.165) is 0 Å². The fraction of sp³-hybridized carbons (Fsp3) is 0.700. The fourth-order valence-corrected chi connectivity index (χ4v) is 3.08. The lowest BCUT2D eigenvalue weighted by Crippen LogP contribution is -2.71. The number of hydrogen-bond donors (Lipinski definition) is 0. The molecule has 0 radical (unpaired) electrons. The average Bonchev–Trinajstić information content (AvgIpc) is 2.44. The highest BCUT2D eigenvalue weighted by molar-refractivity contribution is 9.09. The van der Waals surface area contributed by atoms with Crippen molar-refractivity contribution in [1.29, 1.82) is 0 Å². The van der Waals surface area contributed by atoms with Gasteiger partial charge in [0.15, 0.2) is 11.9 Å². The average molecular weight is 275 g/mol. The normalized spacial score (nSPS) is 50.3. The van der Waals surface area contributed by atoms with Gasteiger partial charge < -0.3 is 14.2 Å². The van der Waals surface area contributed by atoms with Gasteiger partial charge in [0, 0.05) is 0 Å². The summed E-state index contributed by atoms with van der Waals surface area (Å²) in [4.78, 5) is 11.6. The summed E-state index contributed by atoms with van der Waals surface area (Å²) in [5.41, 5.74) is -0.924. The maximum atomic E-state index is 11.6. The first-order valence-corrected chi connectivity index (χ1v) is 5.79. The van der Waals surface area contributed by atoms with Gasteiger partial charge in [0.1, 0.15) is 6.10 Å². The number of esters is 1. The molecule has 3 rings (SSSR count). The topological polar surface area (TPSA) is 44.8 Å². The number of carbonyl (C=O) groups excluding carboxylic acids is 1. The predicted octanol–water partition coefficient (Wildman–Crippen LogP) is 1.14. The predicted molar refractivity (Wildman–Crippen MR) is 54.5 cm³/mol. The summed E-state index contributed by atoms with van der Waals surface area (Å²) < 4.78 is 16.5. The van der Waals surface area contributed by atoms with Crippen LogP contribution < -0.4 is 0 Å². The number of hydrogen-bond acceptors (Lipinski definition) is 4. The molecule has 0 aromatic heterocycles. The summed E-state index contributed by atoms with van der Waals surface area (Å²) in [7, 11) is 0. The van der Waals surface area contributed by atoms with E-state index in [9.17, 15) is 4.79 Å². The van der Waals surface area contributed by atoms with E-state index < -0.39 is 11.4 Å². The van der Waals surface area contributed by atoms with Gasteiger partial charge in [-0.25, -0.2) is 4.79 Å². The zero-order valence-electron chi connectivity index (χ0n) is 8.40. The Morgan fingerprint density at radius 3 is 2.80 bits per heavy atom. The van der Waals surface area contributed by atoms with Crippen molar-refractivity contribution in [2.75, 3.05) is 0 Å². The van der Waals surface area contributed by atoms with Crippen molar-refractivity contribution in [3.63, 3.8) is 0 Å². The highest BCUT2D eigenvalue weighted by Crippen LogP contribution is 2.51. The quantitative estimate of drug-likeness (QED) is 0.378. The Bertz CT molecular complexity index is 364. The van der Waals surface area contributed by atoms with E-state index in [0.29, 0.717) is 0 Å². The van der Waals surface area contributed by atoms with Crippen LogP contribution in [0.2, 0.25) is 0 Å². The summed E-state index contributed by atoms with van der Waals surface area (Å²) in [5.74, 6) is -1.05. The summed E-state index contributed by atoms with van der Waals surface area (Å²) in [6, 6.07) is 0. The third kappa shape index (κ3) is 1.06. The Hall–Kier alpha value is -0.390. The molecule has 4 atom stereocenters. The van der Waals surface area contributed by atoms with Crippen molar-refractivity contribution >= 4 is 21.9 Å². The van der Waals surface area contributed by atoms with Gasteiger partial charge in [0.2, 0.25) is 5.60 Å². The van der Waals surface area contributed by atoms with Crippen molar-refractivity contribution in [1.82, 2.24) is 0 Å². The summed E-state index contributed by atoms with van der Waals surface area (Å²) >= 11 is 3.44. The largest absolute Gasteiger partial charge is 0.455 e. The smallest absolute Gasteiger partial charge is 0.346 e. The van der Waals surface area contributed by atoms with Crippen LogP contribution in [0.5, 0.6) is 0 Å². The first-order valence-electron chi connectivity index (χ1n) is 4.87. The molecule has 2 heterocycles. The van der Waals surface area contributed by atoms with Gasteiger partial charge in [-0.05, 0) is 13.8 Å². The number of ether oxygens (including phenoxy) is 3. The SMILES string of the molecule is CC1(C)O[C@@H]2C=C[C@H](Br)[C@H]3OC(=O)[C@]32O1. The molecule has 0 N–H and O–H groups in total. The zero-order valence-corrected chi connectivity index (χ0v) is 9.98. The molecule has 5 heteroatoms. The number of halogens is 1. The van der Waals surface area contributed by atoms with E-state index in [1.54, 1.807) is 13.8 Å². The third-order valence-electron chi connectivity index (χ3n) is 2.98. The van der Waals surface area contributed by atoms with Gasteiger partial charge in [-0.3, -0.25) is 0 Å². The molecule has 2 fully saturated rings. The summed E-state index contributed by atoms with van der Waals surface area (Å²) in [5, 5.41) is 0. The summed E-state index contributed by atoms with van der Waals surface area (Å²) in [6.45, 7) is 3.61. The van der Waals surface area contributed by atoms with Crippen LogP contribution in [0.4, 0.5) is 0 Å². The minimum atomic E-state index is -0.924. The maximum absolute atomic E-state index is 11.6. The Morgan fingerprint density at radius 1 is 1.40 bits per heavy atom. The van der Waals surface area contributed by atoms with Crippen LogP contribution in [0.3, 0.4) is 0 Å². The Balaban J connectivity index is 2.05. The molecule has 0 aromatic rings. The highest BCUT2D eigenvalue weighted by atomic mass is 79.9. The molecule has 0 bridgehead atoms. The molecule has 0 unspecified atom stereocenters. The Morgan fingerprint density at radius 2 is 2.13 bits per heavy atom. The molecule has 0 saturated carbocycles. The fourth-order valence-electron chi connectivity index (χ4n) is 2.40. The van der Waals surface area contributed by atoms with Gasteiger partial charge >= 0.3 is 5.97 Å². The van der Waals surface area contributed by atoms with E-state index in [4.69, 9.17) is 14.2 Å². The lowest BCUT2D eigenvalue weighted by atomic mass is 9.79. The number of rotatable bonds is 0. The van der Waals surface area contributed by atoms with Crippen LogP contribution >= 0.6 is 15.9 Å². The monoisotopic (exact) mass is 274 g/mol. The lowest BCUT2D eigenvalue weighted by molar-refractivity contribution is -0.250. The maximum Gasteiger partial charge on any atom is 0.346 e. The molecule has 4 nitrogen and oxygen atoms in total. The minimum Gasteiger partial charge on any atom is -0.455 e. The molecule has 15 heavy (non-hydrogen) atoms. The van der Waals surface area contributed by atoms with Crippen LogP contribution in [0.15, 0.2) is 12.2 Å². The van der Waals surface area contributed by atoms with Crippen molar-refractivity contribution in [2.24, 2.45) is 0 Å². The van der Waals surface area contributed by atoms with Gasteiger partial charge in [-0.15, -0.1) is 0 Å². The lowest BCUT2D eigenvalue weighted by Gasteiger charge is -2.48. The van der Waals surface area contributed by atoms with E-state index in [-0.39, 0.29) is 23.0 Å². The minimum absolute atomic E-state index is 0.00366. The molecular weight excluding hydrogens is 264 g/mol. The first-order chi connectivity index (χ1) is 6.96. The van der Waals surface area contributed by atoms with Gasteiger partial charge in [0.25, 0.3) is 0 Å². The Kier molecular flexibility index (Phi) is 1.73. The first kappa shape index (κ1) is 9.81. The molecule has 3 aliphatic rings. The van der Waals surface area contributed by atoms with Gasteiger partial charge in [-0.2, -0.15) is 0 Å². The molecule has 0 aromatic carbocycles. The second-order valence-electron chi connectivity index (χ2n) is 4.49. The van der Waals surface area contributed by atoms with Gasteiger partial charge in [0.05, 0.1) is 4.83 Å². The second-order valence-corrected chi connectivity index (χ2v) is 5.55. The van der Waals surface area contributed by atoms with Crippen LogP contribution in [0.1, 0.15) is 13.8 Å². The molecule has 2 saturated heterocycles. The molecular formula is C10H11BrO4. The van der Waals surface area contributed by atoms with E-state index in [1.165, 1.54) is 0 Å². The van der Waals surface area contributed by atoms with Crippen LogP contribution in [-0.4, -0.2) is 34.4 Å².